The highest BCUT2D eigenvalue weighted by atomic mass is 16.6. The average Bonchev–Trinajstić information content (AvgIpc) is 2.12. The first-order valence-corrected chi connectivity index (χ1v) is 4.13. The number of oxime groups is 1. The number of rotatable bonds is 5. The first-order valence-electron chi connectivity index (χ1n) is 4.13. The molecular weight excluding hydrogens is 174 g/mol. The van der Waals surface area contributed by atoms with Crippen molar-refractivity contribution in [2.24, 2.45) is 5.16 Å². The third-order valence-corrected chi connectivity index (χ3v) is 1.16. The fourth-order valence-corrected chi connectivity index (χ4v) is 0.640. The lowest BCUT2D eigenvalue weighted by molar-refractivity contribution is -0.145. The van der Waals surface area contributed by atoms with Gasteiger partial charge in [0.1, 0.15) is 7.11 Å². The molecule has 0 aromatic rings. The monoisotopic (exact) mass is 189 g/mol. The smallest absolute Gasteiger partial charge is 0.344 e. The van der Waals surface area contributed by atoms with E-state index in [9.17, 15) is 4.79 Å². The summed E-state index contributed by atoms with van der Waals surface area (Å²) in [5.41, 5.74) is 0. The predicted molar refractivity (Wildman–Crippen MR) is 47.3 cm³/mol. The van der Waals surface area contributed by atoms with Gasteiger partial charge >= 0.3 is 5.97 Å². The van der Waals surface area contributed by atoms with Crippen molar-refractivity contribution in [3.8, 4) is 0 Å². The molecule has 0 spiro atoms. The molecule has 0 aromatic carbocycles. The number of carbonyl (C=O) groups excluding carboxylic acids is 1. The molecule has 0 radical (unpaired) electrons. The van der Waals surface area contributed by atoms with E-state index in [1.165, 1.54) is 7.11 Å². The molecule has 5 nitrogen and oxygen atoms in total. The molecule has 0 rings (SSSR count). The van der Waals surface area contributed by atoms with E-state index >= 15 is 0 Å². The van der Waals surface area contributed by atoms with Crippen LogP contribution in [0.25, 0.3) is 0 Å². The Labute approximate surface area is 77.6 Å². The quantitative estimate of drug-likeness (QED) is 0.279. The van der Waals surface area contributed by atoms with Crippen LogP contribution in [0, 0.1) is 0 Å². The molecule has 0 saturated carbocycles. The van der Waals surface area contributed by atoms with Gasteiger partial charge in [-0.05, 0) is 6.92 Å². The minimum atomic E-state index is -0.403. The van der Waals surface area contributed by atoms with E-state index < -0.39 is 5.97 Å². The van der Waals surface area contributed by atoms with Crippen LogP contribution < -0.4 is 0 Å². The lowest BCUT2D eigenvalue weighted by Gasteiger charge is -2.05. The molecule has 0 N–H and O–H groups in total. The normalized spacial score (nSPS) is 10.8. The summed E-state index contributed by atoms with van der Waals surface area (Å²) in [5.74, 6) is -0.0182. The van der Waals surface area contributed by atoms with Gasteiger partial charge in [0.05, 0.1) is 6.61 Å². The zero-order valence-corrected chi connectivity index (χ0v) is 8.20. The third-order valence-electron chi connectivity index (χ3n) is 1.16. The van der Waals surface area contributed by atoms with Crippen molar-refractivity contribution in [1.29, 1.82) is 0 Å². The summed E-state index contributed by atoms with van der Waals surface area (Å²) >= 11 is 0. The van der Waals surface area contributed by atoms with Gasteiger partial charge in [0.2, 0.25) is 5.90 Å². The van der Waals surface area contributed by atoms with E-state index in [4.69, 9.17) is 4.74 Å². The van der Waals surface area contributed by atoms with E-state index in [1.807, 2.05) is 6.92 Å². The Kier molecular flexibility index (Phi) is 6.68. The highest BCUT2D eigenvalue weighted by Gasteiger charge is 2.04. The Morgan fingerprint density at radius 2 is 2.00 bits per heavy atom. The molecule has 0 aliphatic heterocycles. The minimum Gasteiger partial charge on any atom is -0.467 e. The van der Waals surface area contributed by atoms with Crippen molar-refractivity contribution >= 4 is 11.9 Å². The van der Waals surface area contributed by atoms with Crippen LogP contribution in [0.2, 0.25) is 0 Å². The van der Waals surface area contributed by atoms with Crippen LogP contribution >= 0.6 is 0 Å². The standard InChI is InChI=1S/C8H15NO4/c1-4-7(9-11-3)13-6-8(10)12-5-2/h4-6H2,1-3H3/b9-7-. The highest BCUT2D eigenvalue weighted by Crippen LogP contribution is 1.91. The lowest BCUT2D eigenvalue weighted by Crippen LogP contribution is -2.16. The Balaban J connectivity index is 3.72. The second-order valence-electron chi connectivity index (χ2n) is 2.11. The number of hydrogen-bond acceptors (Lipinski definition) is 5. The SMILES string of the molecule is CCOC(=O)CO/C(CC)=N\OC. The number of esters is 1. The van der Waals surface area contributed by atoms with Crippen LogP contribution in [0.4, 0.5) is 0 Å². The predicted octanol–water partition coefficient (Wildman–Crippen LogP) is 0.936. The van der Waals surface area contributed by atoms with E-state index in [1.54, 1.807) is 6.92 Å². The van der Waals surface area contributed by atoms with Crippen molar-refractivity contribution in [3.63, 3.8) is 0 Å². The number of carbonyl (C=O) groups is 1. The molecule has 76 valence electrons. The molecule has 0 fully saturated rings. The third kappa shape index (κ3) is 5.95. The second-order valence-corrected chi connectivity index (χ2v) is 2.11. The van der Waals surface area contributed by atoms with Crippen molar-refractivity contribution in [1.82, 2.24) is 0 Å². The Bertz CT molecular complexity index is 179. The van der Waals surface area contributed by atoms with E-state index in [-0.39, 0.29) is 6.61 Å². The topological polar surface area (TPSA) is 57.1 Å². The molecule has 0 unspecified atom stereocenters. The van der Waals surface area contributed by atoms with Crippen LogP contribution in [-0.2, 0) is 19.1 Å². The van der Waals surface area contributed by atoms with Gasteiger partial charge in [-0.15, -0.1) is 0 Å². The van der Waals surface area contributed by atoms with E-state index in [0.717, 1.165) is 0 Å². The van der Waals surface area contributed by atoms with Crippen LogP contribution in [0.15, 0.2) is 5.16 Å². The van der Waals surface area contributed by atoms with E-state index in [0.29, 0.717) is 18.9 Å². The maximum Gasteiger partial charge on any atom is 0.344 e. The van der Waals surface area contributed by atoms with Crippen LogP contribution in [0.3, 0.4) is 0 Å². The molecular formula is C8H15NO4. The molecule has 13 heavy (non-hydrogen) atoms. The summed E-state index contributed by atoms with van der Waals surface area (Å²) in [5, 5.41) is 3.56. The van der Waals surface area contributed by atoms with E-state index in [2.05, 4.69) is 14.7 Å². The number of hydrogen-bond donors (Lipinski definition) is 0. The zero-order valence-electron chi connectivity index (χ0n) is 8.20. The molecule has 0 aliphatic carbocycles. The van der Waals surface area contributed by atoms with Gasteiger partial charge in [-0.2, -0.15) is 0 Å². The van der Waals surface area contributed by atoms with Gasteiger partial charge in [-0.1, -0.05) is 12.1 Å². The summed E-state index contributed by atoms with van der Waals surface area (Å²) < 4.78 is 9.65. The van der Waals surface area contributed by atoms with Crippen molar-refractivity contribution in [2.45, 2.75) is 20.3 Å². The number of ether oxygens (including phenoxy) is 2. The Morgan fingerprint density at radius 1 is 1.31 bits per heavy atom. The first kappa shape index (κ1) is 11.7. The van der Waals surface area contributed by atoms with Gasteiger partial charge < -0.3 is 14.3 Å². The van der Waals surface area contributed by atoms with Crippen LogP contribution in [0.1, 0.15) is 20.3 Å². The molecule has 0 amide bonds. The molecule has 0 saturated heterocycles. The van der Waals surface area contributed by atoms with Crippen LogP contribution in [-0.4, -0.2) is 32.2 Å². The minimum absolute atomic E-state index is 0.121. The first-order chi connectivity index (χ1) is 6.24. The summed E-state index contributed by atoms with van der Waals surface area (Å²) in [6.07, 6.45) is 0.577. The van der Waals surface area contributed by atoms with Gasteiger partial charge in [0, 0.05) is 6.42 Å². The zero-order chi connectivity index (χ0) is 10.1. The van der Waals surface area contributed by atoms with Gasteiger partial charge in [0.15, 0.2) is 6.61 Å². The van der Waals surface area contributed by atoms with Crippen molar-refractivity contribution < 1.29 is 19.1 Å². The fraction of sp³-hybridized carbons (Fsp3) is 0.750. The highest BCUT2D eigenvalue weighted by molar-refractivity contribution is 5.79. The molecule has 5 heteroatoms. The summed E-state index contributed by atoms with van der Waals surface area (Å²) in [6.45, 7) is 3.82. The van der Waals surface area contributed by atoms with Crippen molar-refractivity contribution in [3.05, 3.63) is 0 Å². The van der Waals surface area contributed by atoms with Gasteiger partial charge in [-0.25, -0.2) is 4.79 Å². The molecule has 0 heterocycles. The fourth-order valence-electron chi connectivity index (χ4n) is 0.640. The Morgan fingerprint density at radius 3 is 2.46 bits per heavy atom. The summed E-state index contributed by atoms with van der Waals surface area (Å²) in [6, 6.07) is 0. The Hall–Kier alpha value is -1.26. The van der Waals surface area contributed by atoms with Gasteiger partial charge in [-0.3, -0.25) is 0 Å². The van der Waals surface area contributed by atoms with Crippen LogP contribution in [0.5, 0.6) is 0 Å². The molecule has 0 atom stereocenters. The maximum absolute atomic E-state index is 10.8. The maximum atomic E-state index is 10.8. The molecule has 0 bridgehead atoms. The average molecular weight is 189 g/mol. The second kappa shape index (κ2) is 7.39. The molecule has 0 aliphatic rings. The summed E-state index contributed by atoms with van der Waals surface area (Å²) in [7, 11) is 1.42. The largest absolute Gasteiger partial charge is 0.467 e. The van der Waals surface area contributed by atoms with Gasteiger partial charge in [0.25, 0.3) is 0 Å². The molecule has 0 aromatic heterocycles. The lowest BCUT2D eigenvalue weighted by atomic mass is 10.5. The summed E-state index contributed by atoms with van der Waals surface area (Å²) in [4.78, 5) is 15.3. The van der Waals surface area contributed by atoms with Crippen molar-refractivity contribution in [2.75, 3.05) is 20.3 Å². The number of nitrogens with zero attached hydrogens (tertiary/aromatic N) is 1.